The first kappa shape index (κ1) is 14.3. The zero-order valence-corrected chi connectivity index (χ0v) is 12.6. The third-order valence-corrected chi connectivity index (χ3v) is 3.49. The molecule has 1 aliphatic rings. The first-order chi connectivity index (χ1) is 11.8. The molecule has 1 aromatic heterocycles. The van der Waals surface area contributed by atoms with Gasteiger partial charge in [0.25, 0.3) is 0 Å². The molecular formula is C17H13N3O4. The number of carbonyl (C=O) groups is 1. The van der Waals surface area contributed by atoms with E-state index in [0.29, 0.717) is 23.8 Å². The van der Waals surface area contributed by atoms with Crippen LogP contribution in [0.4, 0.5) is 0 Å². The van der Waals surface area contributed by atoms with Crippen LogP contribution in [0.5, 0.6) is 17.2 Å². The summed E-state index contributed by atoms with van der Waals surface area (Å²) >= 11 is 0. The second-order valence-corrected chi connectivity index (χ2v) is 5.19. The first-order valence-electron chi connectivity index (χ1n) is 7.34. The number of aromatic nitrogens is 3. The molecule has 0 fully saturated rings. The van der Waals surface area contributed by atoms with Crippen molar-refractivity contribution >= 4 is 5.97 Å². The van der Waals surface area contributed by atoms with Crippen molar-refractivity contribution in [3.8, 4) is 17.2 Å². The minimum absolute atomic E-state index is 0.142. The molecule has 0 spiro atoms. The fourth-order valence-electron chi connectivity index (χ4n) is 2.34. The van der Waals surface area contributed by atoms with Crippen molar-refractivity contribution in [2.45, 2.75) is 6.54 Å². The second kappa shape index (κ2) is 6.04. The summed E-state index contributed by atoms with van der Waals surface area (Å²) in [6.07, 6.45) is 1.56. The third kappa shape index (κ3) is 2.91. The number of rotatable bonds is 4. The van der Waals surface area contributed by atoms with Crippen molar-refractivity contribution in [3.63, 3.8) is 0 Å². The van der Waals surface area contributed by atoms with Crippen molar-refractivity contribution in [2.75, 3.05) is 6.79 Å². The lowest BCUT2D eigenvalue weighted by atomic mass is 10.2. The fraction of sp³-hybridized carbons (Fsp3) is 0.118. The number of esters is 1. The van der Waals surface area contributed by atoms with E-state index in [1.807, 2.05) is 30.3 Å². The maximum atomic E-state index is 12.2. The van der Waals surface area contributed by atoms with Crippen molar-refractivity contribution in [2.24, 2.45) is 0 Å². The molecule has 120 valence electrons. The molecule has 1 aliphatic heterocycles. The molecule has 0 aliphatic carbocycles. The molecule has 0 saturated carbocycles. The third-order valence-electron chi connectivity index (χ3n) is 3.49. The van der Waals surface area contributed by atoms with Crippen LogP contribution in [0.3, 0.4) is 0 Å². The van der Waals surface area contributed by atoms with Gasteiger partial charge in [-0.05, 0) is 17.7 Å². The van der Waals surface area contributed by atoms with Crippen LogP contribution in [0.2, 0.25) is 0 Å². The summed E-state index contributed by atoms with van der Waals surface area (Å²) in [7, 11) is 0. The Morgan fingerprint density at radius 1 is 1.12 bits per heavy atom. The van der Waals surface area contributed by atoms with E-state index in [0.717, 1.165) is 5.56 Å². The lowest BCUT2D eigenvalue weighted by Gasteiger charge is -2.03. The maximum absolute atomic E-state index is 12.2. The Kier molecular flexibility index (Phi) is 3.59. The summed E-state index contributed by atoms with van der Waals surface area (Å²) in [5.41, 5.74) is 1.21. The van der Waals surface area contributed by atoms with E-state index in [2.05, 4.69) is 10.3 Å². The number of fused-ring (bicyclic) bond motifs is 1. The summed E-state index contributed by atoms with van der Waals surface area (Å²) < 4.78 is 17.4. The number of hydrogen-bond donors (Lipinski definition) is 0. The summed E-state index contributed by atoms with van der Waals surface area (Å²) in [6.45, 7) is 0.700. The van der Waals surface area contributed by atoms with Crippen LogP contribution in [-0.2, 0) is 6.54 Å². The van der Waals surface area contributed by atoms with Gasteiger partial charge in [0, 0.05) is 6.07 Å². The monoisotopic (exact) mass is 323 g/mol. The van der Waals surface area contributed by atoms with E-state index in [-0.39, 0.29) is 12.5 Å². The summed E-state index contributed by atoms with van der Waals surface area (Å²) in [4.78, 5) is 12.2. The van der Waals surface area contributed by atoms with Gasteiger partial charge in [-0.3, -0.25) is 0 Å². The highest BCUT2D eigenvalue weighted by Gasteiger charge is 2.17. The Balaban J connectivity index is 1.45. The topological polar surface area (TPSA) is 75.5 Å². The van der Waals surface area contributed by atoms with Crippen molar-refractivity contribution in [3.05, 3.63) is 66.0 Å². The van der Waals surface area contributed by atoms with Crippen LogP contribution in [0.1, 0.15) is 16.1 Å². The van der Waals surface area contributed by atoms with E-state index in [1.54, 1.807) is 29.1 Å². The number of carbonyl (C=O) groups excluding carboxylic acids is 1. The van der Waals surface area contributed by atoms with Gasteiger partial charge in [0.15, 0.2) is 17.2 Å². The molecule has 4 rings (SSSR count). The molecule has 24 heavy (non-hydrogen) atoms. The second-order valence-electron chi connectivity index (χ2n) is 5.19. The molecule has 0 saturated heterocycles. The average molecular weight is 323 g/mol. The maximum Gasteiger partial charge on any atom is 0.365 e. The summed E-state index contributed by atoms with van der Waals surface area (Å²) in [5.74, 6) is 0.965. The van der Waals surface area contributed by atoms with Gasteiger partial charge in [-0.25, -0.2) is 9.48 Å². The van der Waals surface area contributed by atoms with E-state index < -0.39 is 5.97 Å². The van der Waals surface area contributed by atoms with Crippen molar-refractivity contribution < 1.29 is 19.0 Å². The number of benzene rings is 2. The Morgan fingerprint density at radius 2 is 1.96 bits per heavy atom. The van der Waals surface area contributed by atoms with Gasteiger partial charge in [-0.15, -0.1) is 5.10 Å². The van der Waals surface area contributed by atoms with E-state index in [1.165, 1.54) is 0 Å². The molecule has 0 radical (unpaired) electrons. The SMILES string of the molecule is O=C(Oc1ccc2c(c1)OCO2)c1cn(Cc2ccccc2)nn1. The lowest BCUT2D eigenvalue weighted by molar-refractivity contribution is 0.0728. The standard InChI is InChI=1S/C17H13N3O4/c21-17(24-13-6-7-15-16(8-13)23-11-22-15)14-10-20(19-18-14)9-12-4-2-1-3-5-12/h1-8,10H,9,11H2. The lowest BCUT2D eigenvalue weighted by Crippen LogP contribution is -2.09. The zero-order chi connectivity index (χ0) is 16.4. The number of hydrogen-bond acceptors (Lipinski definition) is 6. The normalized spacial score (nSPS) is 12.2. The minimum atomic E-state index is -0.576. The summed E-state index contributed by atoms with van der Waals surface area (Å²) in [5, 5.41) is 7.82. The Hall–Kier alpha value is -3.35. The molecule has 2 heterocycles. The van der Waals surface area contributed by atoms with Crippen molar-refractivity contribution in [1.29, 1.82) is 0 Å². The van der Waals surface area contributed by atoms with Crippen LogP contribution < -0.4 is 14.2 Å². The smallest absolute Gasteiger partial charge is 0.365 e. The molecule has 0 unspecified atom stereocenters. The predicted octanol–water partition coefficient (Wildman–Crippen LogP) is 2.27. The first-order valence-corrected chi connectivity index (χ1v) is 7.34. The molecular weight excluding hydrogens is 310 g/mol. The summed E-state index contributed by atoms with van der Waals surface area (Å²) in [6, 6.07) is 14.7. The van der Waals surface area contributed by atoms with Gasteiger partial charge < -0.3 is 14.2 Å². The highest BCUT2D eigenvalue weighted by Crippen LogP contribution is 2.35. The Bertz CT molecular complexity index is 877. The molecule has 3 aromatic rings. The zero-order valence-electron chi connectivity index (χ0n) is 12.6. The average Bonchev–Trinajstić information content (AvgIpc) is 3.24. The van der Waals surface area contributed by atoms with E-state index >= 15 is 0 Å². The molecule has 2 aromatic carbocycles. The van der Waals surface area contributed by atoms with E-state index in [4.69, 9.17) is 14.2 Å². The molecule has 0 atom stereocenters. The van der Waals surface area contributed by atoms with Crippen molar-refractivity contribution in [1.82, 2.24) is 15.0 Å². The highest BCUT2D eigenvalue weighted by molar-refractivity contribution is 5.88. The van der Waals surface area contributed by atoms with Crippen LogP contribution in [-0.4, -0.2) is 27.8 Å². The Morgan fingerprint density at radius 3 is 2.83 bits per heavy atom. The van der Waals surface area contributed by atoms with Gasteiger partial charge in [-0.1, -0.05) is 35.5 Å². The number of ether oxygens (including phenoxy) is 3. The van der Waals surface area contributed by atoms with Gasteiger partial charge in [-0.2, -0.15) is 0 Å². The molecule has 0 N–H and O–H groups in total. The van der Waals surface area contributed by atoms with Gasteiger partial charge in [0.2, 0.25) is 6.79 Å². The highest BCUT2D eigenvalue weighted by atomic mass is 16.7. The van der Waals surface area contributed by atoms with Gasteiger partial charge in [0.05, 0.1) is 12.7 Å². The van der Waals surface area contributed by atoms with Gasteiger partial charge in [0.1, 0.15) is 5.75 Å². The number of nitrogens with zero attached hydrogens (tertiary/aromatic N) is 3. The van der Waals surface area contributed by atoms with Gasteiger partial charge >= 0.3 is 5.97 Å². The van der Waals surface area contributed by atoms with Crippen LogP contribution >= 0.6 is 0 Å². The fourth-order valence-corrected chi connectivity index (χ4v) is 2.34. The van der Waals surface area contributed by atoms with Crippen LogP contribution in [0.25, 0.3) is 0 Å². The quantitative estimate of drug-likeness (QED) is 0.541. The molecule has 0 bridgehead atoms. The predicted molar refractivity (Wildman–Crippen MR) is 83.1 cm³/mol. The van der Waals surface area contributed by atoms with Crippen LogP contribution in [0, 0.1) is 0 Å². The molecule has 7 nitrogen and oxygen atoms in total. The molecule has 0 amide bonds. The Labute approximate surface area is 137 Å². The molecule has 7 heteroatoms. The minimum Gasteiger partial charge on any atom is -0.454 e. The van der Waals surface area contributed by atoms with E-state index in [9.17, 15) is 4.79 Å². The largest absolute Gasteiger partial charge is 0.454 e. The van der Waals surface area contributed by atoms with Crippen LogP contribution in [0.15, 0.2) is 54.7 Å².